The van der Waals surface area contributed by atoms with E-state index in [9.17, 15) is 0 Å². The Morgan fingerprint density at radius 2 is 2.22 bits per heavy atom. The second kappa shape index (κ2) is 4.06. The van der Waals surface area contributed by atoms with Crippen LogP contribution in [0, 0.1) is 4.64 Å². The first kappa shape index (κ1) is 9.17. The molecule has 0 aliphatic carbocycles. The SMILES string of the molecule is On1ccccc1=S.[H-].[Na+]. The van der Waals surface area contributed by atoms with Gasteiger partial charge in [-0.15, -0.1) is 0 Å². The zero-order valence-electron chi connectivity index (χ0n) is 6.11. The molecule has 1 heterocycles. The van der Waals surface area contributed by atoms with Crippen LogP contribution in [-0.4, -0.2) is 9.94 Å². The molecule has 0 unspecified atom stereocenters. The van der Waals surface area contributed by atoms with Crippen LogP contribution in [0.1, 0.15) is 1.43 Å². The maximum absolute atomic E-state index is 8.73. The third kappa shape index (κ3) is 2.49. The Bertz CT molecular complexity index is 239. The molecule has 0 radical (unpaired) electrons. The average Bonchev–Trinajstić information content (AvgIpc) is 1.77. The monoisotopic (exact) mass is 151 g/mol. The van der Waals surface area contributed by atoms with Crippen molar-refractivity contribution in [1.82, 2.24) is 4.73 Å². The van der Waals surface area contributed by atoms with Gasteiger partial charge in [-0.25, -0.2) is 0 Å². The largest absolute Gasteiger partial charge is 1.00 e. The van der Waals surface area contributed by atoms with Crippen molar-refractivity contribution in [2.24, 2.45) is 0 Å². The van der Waals surface area contributed by atoms with E-state index in [0.717, 1.165) is 4.73 Å². The van der Waals surface area contributed by atoms with Gasteiger partial charge in [-0.2, -0.15) is 4.73 Å². The molecule has 4 heteroatoms. The summed E-state index contributed by atoms with van der Waals surface area (Å²) in [5, 5.41) is 8.73. The molecule has 0 saturated carbocycles. The van der Waals surface area contributed by atoms with Crippen molar-refractivity contribution in [3.05, 3.63) is 29.0 Å². The Balaban J connectivity index is 0. The quantitative estimate of drug-likeness (QED) is 0.279. The van der Waals surface area contributed by atoms with Gasteiger partial charge >= 0.3 is 29.6 Å². The second-order valence-corrected chi connectivity index (χ2v) is 1.80. The molecule has 0 spiro atoms. The molecule has 0 aliphatic heterocycles. The molecule has 9 heavy (non-hydrogen) atoms. The van der Waals surface area contributed by atoms with Crippen LogP contribution in [0.5, 0.6) is 0 Å². The van der Waals surface area contributed by atoms with Crippen LogP contribution >= 0.6 is 12.2 Å². The molecular formula is C5H6NNaOS. The maximum atomic E-state index is 8.73. The summed E-state index contributed by atoms with van der Waals surface area (Å²) >= 11 is 4.67. The molecule has 0 amide bonds. The third-order valence-corrected chi connectivity index (χ3v) is 1.13. The second-order valence-electron chi connectivity index (χ2n) is 1.38. The summed E-state index contributed by atoms with van der Waals surface area (Å²) in [5.74, 6) is 0. The smallest absolute Gasteiger partial charge is 1.00 e. The van der Waals surface area contributed by atoms with Gasteiger partial charge in [0, 0.05) is 6.20 Å². The predicted octanol–water partition coefficient (Wildman–Crippen LogP) is -1.43. The topological polar surface area (TPSA) is 25.2 Å². The fourth-order valence-corrected chi connectivity index (χ4v) is 0.558. The van der Waals surface area contributed by atoms with Gasteiger partial charge in [-0.1, -0.05) is 18.3 Å². The minimum atomic E-state index is 0. The Morgan fingerprint density at radius 1 is 1.56 bits per heavy atom. The van der Waals surface area contributed by atoms with Gasteiger partial charge < -0.3 is 6.63 Å². The Morgan fingerprint density at radius 3 is 2.56 bits per heavy atom. The van der Waals surface area contributed by atoms with Crippen LogP contribution in [0.3, 0.4) is 0 Å². The number of rotatable bonds is 0. The molecule has 0 aliphatic rings. The van der Waals surface area contributed by atoms with E-state index in [0.29, 0.717) is 4.64 Å². The van der Waals surface area contributed by atoms with Crippen molar-refractivity contribution < 1.29 is 36.2 Å². The number of hydrogen-bond donors (Lipinski definition) is 1. The molecule has 1 aromatic rings. The van der Waals surface area contributed by atoms with E-state index in [2.05, 4.69) is 12.2 Å². The van der Waals surface area contributed by atoms with Gasteiger partial charge in [0.25, 0.3) is 0 Å². The first-order valence-electron chi connectivity index (χ1n) is 2.17. The number of nitrogens with zero attached hydrogens (tertiary/aromatic N) is 1. The molecule has 0 saturated heterocycles. The van der Waals surface area contributed by atoms with E-state index in [1.165, 1.54) is 6.20 Å². The summed E-state index contributed by atoms with van der Waals surface area (Å²) < 4.78 is 1.32. The van der Waals surface area contributed by atoms with Gasteiger partial charge in [0.15, 0.2) is 0 Å². The summed E-state index contributed by atoms with van der Waals surface area (Å²) in [4.78, 5) is 0. The minimum Gasteiger partial charge on any atom is -1.00 e. The number of hydrogen-bond acceptors (Lipinski definition) is 2. The molecule has 2 nitrogen and oxygen atoms in total. The first-order chi connectivity index (χ1) is 3.80. The summed E-state index contributed by atoms with van der Waals surface area (Å²) in [6, 6.07) is 5.13. The van der Waals surface area contributed by atoms with E-state index < -0.39 is 0 Å². The molecule has 1 aromatic heterocycles. The van der Waals surface area contributed by atoms with Crippen LogP contribution in [0.15, 0.2) is 24.4 Å². The van der Waals surface area contributed by atoms with Crippen LogP contribution in [0.25, 0.3) is 0 Å². The zero-order chi connectivity index (χ0) is 5.98. The molecule has 0 fully saturated rings. The zero-order valence-corrected chi connectivity index (χ0v) is 7.93. The number of aromatic nitrogens is 1. The Hall–Kier alpha value is 0.170. The van der Waals surface area contributed by atoms with Crippen molar-refractivity contribution >= 4 is 12.2 Å². The van der Waals surface area contributed by atoms with Gasteiger partial charge in [-0.3, -0.25) is 0 Å². The molecule has 0 bridgehead atoms. The summed E-state index contributed by atoms with van der Waals surface area (Å²) in [6.07, 6.45) is 1.49. The van der Waals surface area contributed by atoms with Crippen molar-refractivity contribution in [1.29, 1.82) is 0 Å². The van der Waals surface area contributed by atoms with E-state index in [1.54, 1.807) is 18.2 Å². The normalized spacial score (nSPS) is 8.00. The summed E-state index contributed by atoms with van der Waals surface area (Å²) in [6.45, 7) is 0. The van der Waals surface area contributed by atoms with Gasteiger partial charge in [0.2, 0.25) is 0 Å². The fourth-order valence-electron chi connectivity index (χ4n) is 0.419. The Kier molecular flexibility index (Phi) is 4.14. The van der Waals surface area contributed by atoms with Gasteiger partial charge in [-0.05, 0) is 12.1 Å². The molecule has 1 rings (SSSR count). The molecule has 1 N–H and O–H groups in total. The summed E-state index contributed by atoms with van der Waals surface area (Å²) in [7, 11) is 0. The average molecular weight is 151 g/mol. The predicted molar refractivity (Wildman–Crippen MR) is 33.6 cm³/mol. The number of pyridine rings is 1. The van der Waals surface area contributed by atoms with Crippen molar-refractivity contribution in [2.45, 2.75) is 0 Å². The van der Waals surface area contributed by atoms with E-state index in [-0.39, 0.29) is 31.0 Å². The standard InChI is InChI=1S/C5H5NOS.Na.H/c7-6-4-2-1-3-5(6)8;;/h1-4,7H;;/q;+1;-1. The minimum absolute atomic E-state index is 0. The van der Waals surface area contributed by atoms with Gasteiger partial charge in [0.1, 0.15) is 4.64 Å². The Labute approximate surface area is 81.9 Å². The van der Waals surface area contributed by atoms with Crippen molar-refractivity contribution in [3.63, 3.8) is 0 Å². The van der Waals surface area contributed by atoms with Crippen molar-refractivity contribution in [2.75, 3.05) is 0 Å². The fraction of sp³-hybridized carbons (Fsp3) is 0. The molecule has 44 valence electrons. The first-order valence-corrected chi connectivity index (χ1v) is 2.58. The van der Waals surface area contributed by atoms with E-state index in [1.807, 2.05) is 0 Å². The van der Waals surface area contributed by atoms with E-state index in [4.69, 9.17) is 5.21 Å². The van der Waals surface area contributed by atoms with Crippen LogP contribution in [-0.2, 0) is 0 Å². The van der Waals surface area contributed by atoms with Crippen molar-refractivity contribution in [3.8, 4) is 0 Å². The maximum Gasteiger partial charge on any atom is 1.00 e. The molecule has 0 atom stereocenters. The third-order valence-electron chi connectivity index (χ3n) is 0.803. The molecule has 0 aromatic carbocycles. The van der Waals surface area contributed by atoms with E-state index >= 15 is 0 Å². The summed E-state index contributed by atoms with van der Waals surface area (Å²) in [5.41, 5.74) is 0. The van der Waals surface area contributed by atoms with Crippen LogP contribution in [0.4, 0.5) is 0 Å². The van der Waals surface area contributed by atoms with Crippen LogP contribution < -0.4 is 29.6 Å². The molecular weight excluding hydrogens is 145 g/mol. The van der Waals surface area contributed by atoms with Gasteiger partial charge in [0.05, 0.1) is 0 Å². The van der Waals surface area contributed by atoms with Crippen LogP contribution in [0.2, 0.25) is 0 Å².